The molecule has 1 N–H and O–H groups in total. The number of hydrogen-bond acceptors (Lipinski definition) is 2. The molecule has 1 heterocycles. The Labute approximate surface area is 158 Å². The van der Waals surface area contributed by atoms with Crippen LogP contribution in [0.25, 0.3) is 0 Å². The van der Waals surface area contributed by atoms with E-state index in [0.29, 0.717) is 5.56 Å². The molecule has 0 atom stereocenters. The fraction of sp³-hybridized carbons (Fsp3) is 0.400. The molecule has 0 unspecified atom stereocenters. The molecule has 1 aromatic heterocycles. The van der Waals surface area contributed by atoms with Crippen molar-refractivity contribution in [1.29, 1.82) is 0 Å². The van der Waals surface area contributed by atoms with E-state index < -0.39 is 0 Å². The zero-order valence-corrected chi connectivity index (χ0v) is 17.2. The number of hydrogen-bond donors (Lipinski definition) is 1. The summed E-state index contributed by atoms with van der Waals surface area (Å²) in [6, 6.07) is 6.22. The lowest BCUT2D eigenvalue weighted by molar-refractivity contribution is 0.102. The molecule has 0 aliphatic carbocycles. The summed E-state index contributed by atoms with van der Waals surface area (Å²) >= 11 is 2.29. The summed E-state index contributed by atoms with van der Waals surface area (Å²) in [5.41, 5.74) is 6.97. The van der Waals surface area contributed by atoms with Crippen LogP contribution in [0.4, 0.5) is 5.69 Å². The molecule has 3 nitrogen and oxygen atoms in total. The molecule has 0 aliphatic heterocycles. The molecule has 1 amide bonds. The highest BCUT2D eigenvalue weighted by atomic mass is 127. The number of nitrogens with one attached hydrogen (secondary N) is 1. The number of amides is 1. The van der Waals surface area contributed by atoms with E-state index in [1.54, 1.807) is 0 Å². The number of aryl methyl sites for hydroxylation is 4. The molecule has 0 radical (unpaired) electrons. The smallest absolute Gasteiger partial charge is 0.258 e. The fourth-order valence-corrected chi connectivity index (χ4v) is 4.50. The van der Waals surface area contributed by atoms with E-state index in [2.05, 4.69) is 71.9 Å². The molecule has 2 aromatic rings. The molecule has 0 bridgehead atoms. The van der Waals surface area contributed by atoms with Gasteiger partial charge in [-0.25, -0.2) is 0 Å². The van der Waals surface area contributed by atoms with Crippen LogP contribution in [-0.2, 0) is 19.3 Å². The SMILES string of the molecule is CCc1cccc(CC)c1NC(=O)c1c(C)nc(C)c(CC)c1I. The Bertz CT molecular complexity index is 746. The number of para-hydroxylation sites is 1. The van der Waals surface area contributed by atoms with Crippen molar-refractivity contribution in [3.05, 3.63) is 55.4 Å². The minimum atomic E-state index is -0.0605. The molecule has 0 aliphatic rings. The van der Waals surface area contributed by atoms with Gasteiger partial charge in [-0.1, -0.05) is 39.0 Å². The normalized spacial score (nSPS) is 10.8. The molecular weight excluding hydrogens is 411 g/mol. The van der Waals surface area contributed by atoms with Gasteiger partial charge in [0.1, 0.15) is 0 Å². The summed E-state index contributed by atoms with van der Waals surface area (Å²) < 4.78 is 1.02. The summed E-state index contributed by atoms with van der Waals surface area (Å²) in [6.45, 7) is 10.3. The summed E-state index contributed by atoms with van der Waals surface area (Å²) in [4.78, 5) is 17.6. The fourth-order valence-electron chi connectivity index (χ4n) is 3.10. The minimum Gasteiger partial charge on any atom is -0.321 e. The van der Waals surface area contributed by atoms with E-state index in [9.17, 15) is 4.79 Å². The predicted octanol–water partition coefficient (Wildman–Crippen LogP) is 5.24. The number of halogens is 1. The Balaban J connectivity index is 2.49. The highest BCUT2D eigenvalue weighted by Gasteiger charge is 2.20. The maximum Gasteiger partial charge on any atom is 0.258 e. The first-order chi connectivity index (χ1) is 11.4. The third-order valence-electron chi connectivity index (χ3n) is 4.44. The molecule has 2 rings (SSSR count). The zero-order valence-electron chi connectivity index (χ0n) is 15.1. The topological polar surface area (TPSA) is 42.0 Å². The van der Waals surface area contributed by atoms with Crippen molar-refractivity contribution >= 4 is 34.2 Å². The largest absolute Gasteiger partial charge is 0.321 e. The molecule has 128 valence electrons. The average molecular weight is 436 g/mol. The number of nitrogens with zero attached hydrogens (tertiary/aromatic N) is 1. The van der Waals surface area contributed by atoms with Crippen LogP contribution in [0.2, 0.25) is 0 Å². The maximum atomic E-state index is 13.0. The number of carbonyl (C=O) groups excluding carboxylic acids is 1. The number of carbonyl (C=O) groups is 1. The van der Waals surface area contributed by atoms with Crippen LogP contribution in [0.15, 0.2) is 18.2 Å². The van der Waals surface area contributed by atoms with Crippen LogP contribution >= 0.6 is 22.6 Å². The molecule has 4 heteroatoms. The van der Waals surface area contributed by atoms with Gasteiger partial charge in [-0.05, 0) is 72.4 Å². The Morgan fingerprint density at radius 3 is 2.12 bits per heavy atom. The van der Waals surface area contributed by atoms with Crippen molar-refractivity contribution in [1.82, 2.24) is 4.98 Å². The Kier molecular flexibility index (Phi) is 6.38. The van der Waals surface area contributed by atoms with Crippen LogP contribution in [0, 0.1) is 17.4 Å². The van der Waals surface area contributed by atoms with Crippen molar-refractivity contribution in [3.63, 3.8) is 0 Å². The van der Waals surface area contributed by atoms with Crippen LogP contribution in [0.1, 0.15) is 59.2 Å². The number of benzene rings is 1. The second-order valence-electron chi connectivity index (χ2n) is 5.92. The Morgan fingerprint density at radius 1 is 1.04 bits per heavy atom. The Hall–Kier alpha value is -1.43. The van der Waals surface area contributed by atoms with Crippen molar-refractivity contribution < 1.29 is 4.79 Å². The number of aromatic nitrogens is 1. The summed E-state index contributed by atoms with van der Waals surface area (Å²) in [7, 11) is 0. The lowest BCUT2D eigenvalue weighted by Gasteiger charge is -2.17. The van der Waals surface area contributed by atoms with Crippen molar-refractivity contribution in [3.8, 4) is 0 Å². The maximum absolute atomic E-state index is 13.0. The zero-order chi connectivity index (χ0) is 17.9. The highest BCUT2D eigenvalue weighted by Crippen LogP contribution is 2.27. The van der Waals surface area contributed by atoms with E-state index in [0.717, 1.165) is 45.5 Å². The molecule has 0 spiro atoms. The van der Waals surface area contributed by atoms with Crippen LogP contribution in [0.5, 0.6) is 0 Å². The number of pyridine rings is 1. The van der Waals surface area contributed by atoms with Gasteiger partial charge in [0.15, 0.2) is 0 Å². The number of anilines is 1. The lowest BCUT2D eigenvalue weighted by Crippen LogP contribution is -2.19. The monoisotopic (exact) mass is 436 g/mol. The molecule has 0 saturated carbocycles. The van der Waals surface area contributed by atoms with Gasteiger partial charge in [-0.15, -0.1) is 0 Å². The van der Waals surface area contributed by atoms with Gasteiger partial charge in [0.05, 0.1) is 11.3 Å². The van der Waals surface area contributed by atoms with Gasteiger partial charge in [0, 0.05) is 15.0 Å². The molecule has 0 saturated heterocycles. The standard InChI is InChI=1S/C20H25IN2O/c1-6-14-10-9-11-15(7-2)19(14)23-20(24)17-13(5)22-12(4)16(8-3)18(17)21/h9-11H,6-8H2,1-5H3,(H,23,24). The summed E-state index contributed by atoms with van der Waals surface area (Å²) in [5.74, 6) is -0.0605. The van der Waals surface area contributed by atoms with Crippen LogP contribution < -0.4 is 5.32 Å². The van der Waals surface area contributed by atoms with Crippen LogP contribution in [0.3, 0.4) is 0 Å². The predicted molar refractivity (Wildman–Crippen MR) is 109 cm³/mol. The van der Waals surface area contributed by atoms with Gasteiger partial charge in [-0.3, -0.25) is 9.78 Å². The quantitative estimate of drug-likeness (QED) is 0.652. The highest BCUT2D eigenvalue weighted by molar-refractivity contribution is 14.1. The molecule has 1 aromatic carbocycles. The van der Waals surface area contributed by atoms with Crippen molar-refractivity contribution in [2.45, 2.75) is 53.9 Å². The van der Waals surface area contributed by atoms with Gasteiger partial charge < -0.3 is 5.32 Å². The Morgan fingerprint density at radius 2 is 1.62 bits per heavy atom. The van der Waals surface area contributed by atoms with E-state index >= 15 is 0 Å². The third-order valence-corrected chi connectivity index (χ3v) is 5.63. The molecular formula is C20H25IN2O. The average Bonchev–Trinajstić information content (AvgIpc) is 2.54. The van der Waals surface area contributed by atoms with Gasteiger partial charge in [-0.2, -0.15) is 0 Å². The van der Waals surface area contributed by atoms with E-state index in [-0.39, 0.29) is 5.91 Å². The third kappa shape index (κ3) is 3.63. The van der Waals surface area contributed by atoms with Gasteiger partial charge in [0.25, 0.3) is 5.91 Å². The second kappa shape index (κ2) is 8.10. The summed E-state index contributed by atoms with van der Waals surface area (Å²) in [6.07, 6.45) is 2.67. The van der Waals surface area contributed by atoms with Gasteiger partial charge in [0.2, 0.25) is 0 Å². The van der Waals surface area contributed by atoms with E-state index in [4.69, 9.17) is 0 Å². The molecule has 24 heavy (non-hydrogen) atoms. The van der Waals surface area contributed by atoms with Crippen molar-refractivity contribution in [2.75, 3.05) is 5.32 Å². The lowest BCUT2D eigenvalue weighted by atomic mass is 10.0. The first-order valence-electron chi connectivity index (χ1n) is 8.52. The first-order valence-corrected chi connectivity index (χ1v) is 9.60. The van der Waals surface area contributed by atoms with Crippen molar-refractivity contribution in [2.24, 2.45) is 0 Å². The van der Waals surface area contributed by atoms with Gasteiger partial charge >= 0.3 is 0 Å². The minimum absolute atomic E-state index is 0.0605. The van der Waals surface area contributed by atoms with E-state index in [1.165, 1.54) is 11.1 Å². The number of rotatable bonds is 5. The second-order valence-corrected chi connectivity index (χ2v) is 6.99. The van der Waals surface area contributed by atoms with Crippen LogP contribution in [-0.4, -0.2) is 10.9 Å². The first kappa shape index (κ1) is 18.9. The summed E-state index contributed by atoms with van der Waals surface area (Å²) in [5, 5.41) is 3.17. The molecule has 0 fully saturated rings. The van der Waals surface area contributed by atoms with E-state index in [1.807, 2.05) is 13.8 Å².